The van der Waals surface area contributed by atoms with Crippen LogP contribution in [0.15, 0.2) is 44.9 Å². The van der Waals surface area contributed by atoms with Crippen LogP contribution >= 0.6 is 11.3 Å². The van der Waals surface area contributed by atoms with Gasteiger partial charge in [0.2, 0.25) is 0 Å². The summed E-state index contributed by atoms with van der Waals surface area (Å²) in [6, 6.07) is 9.40. The molecule has 1 unspecified atom stereocenters. The number of amides is 1. The van der Waals surface area contributed by atoms with Gasteiger partial charge in [-0.25, -0.2) is 0 Å². The van der Waals surface area contributed by atoms with Gasteiger partial charge >= 0.3 is 0 Å². The molecule has 1 aliphatic rings. The van der Waals surface area contributed by atoms with Crippen molar-refractivity contribution in [3.8, 4) is 0 Å². The molecule has 1 amide bonds. The molecule has 0 saturated carbocycles. The summed E-state index contributed by atoms with van der Waals surface area (Å²) in [5, 5.41) is 5.62. The standard InChI is InChI=1S/C24H28N2O3S/c1-16-12-17(2)23-18(13-16)20(27)14-21(29-23)24(28)25-15-19(22-8-7-11-30-22)26-9-5-3-4-6-10-26/h7-8,11-14,19H,3-6,9-10,15H2,1-2H3,(H,25,28). The fourth-order valence-electron chi connectivity index (χ4n) is 4.29. The lowest BCUT2D eigenvalue weighted by molar-refractivity contribution is 0.0907. The number of benzene rings is 1. The van der Waals surface area contributed by atoms with Crippen LogP contribution < -0.4 is 10.7 Å². The van der Waals surface area contributed by atoms with E-state index in [1.807, 2.05) is 26.0 Å². The molecular formula is C24H28N2O3S. The van der Waals surface area contributed by atoms with Gasteiger partial charge in [0.15, 0.2) is 11.2 Å². The van der Waals surface area contributed by atoms with Crippen molar-refractivity contribution in [3.63, 3.8) is 0 Å². The van der Waals surface area contributed by atoms with E-state index in [2.05, 4.69) is 27.7 Å². The van der Waals surface area contributed by atoms with E-state index < -0.39 is 0 Å². The van der Waals surface area contributed by atoms with Crippen LogP contribution in [0.5, 0.6) is 0 Å². The average Bonchev–Trinajstić information content (AvgIpc) is 3.11. The Labute approximate surface area is 180 Å². The molecule has 2 aromatic heterocycles. The highest BCUT2D eigenvalue weighted by Gasteiger charge is 2.24. The minimum absolute atomic E-state index is 0.0697. The van der Waals surface area contributed by atoms with Crippen LogP contribution in [0.4, 0.5) is 0 Å². The van der Waals surface area contributed by atoms with E-state index in [1.54, 1.807) is 11.3 Å². The first-order valence-electron chi connectivity index (χ1n) is 10.6. The molecular weight excluding hydrogens is 396 g/mol. The van der Waals surface area contributed by atoms with E-state index in [0.717, 1.165) is 24.2 Å². The van der Waals surface area contributed by atoms with Crippen LogP contribution in [0.25, 0.3) is 11.0 Å². The molecule has 1 aliphatic heterocycles. The summed E-state index contributed by atoms with van der Waals surface area (Å²) >= 11 is 1.72. The molecule has 6 heteroatoms. The van der Waals surface area contributed by atoms with Crippen LogP contribution in [-0.4, -0.2) is 30.4 Å². The zero-order chi connectivity index (χ0) is 21.1. The summed E-state index contributed by atoms with van der Waals surface area (Å²) in [6.07, 6.45) is 4.91. The number of fused-ring (bicyclic) bond motifs is 1. The van der Waals surface area contributed by atoms with E-state index in [9.17, 15) is 9.59 Å². The highest BCUT2D eigenvalue weighted by atomic mass is 32.1. The summed E-state index contributed by atoms with van der Waals surface area (Å²) in [6.45, 7) is 6.42. The van der Waals surface area contributed by atoms with Crippen molar-refractivity contribution in [2.45, 2.75) is 45.6 Å². The molecule has 1 N–H and O–H groups in total. The Balaban J connectivity index is 1.55. The molecule has 1 aromatic carbocycles. The molecule has 1 saturated heterocycles. The number of nitrogens with zero attached hydrogens (tertiary/aromatic N) is 1. The zero-order valence-corrected chi connectivity index (χ0v) is 18.4. The molecule has 3 heterocycles. The van der Waals surface area contributed by atoms with Gasteiger partial charge in [0.05, 0.1) is 11.4 Å². The molecule has 3 aromatic rings. The topological polar surface area (TPSA) is 62.6 Å². The molecule has 4 rings (SSSR count). The SMILES string of the molecule is Cc1cc(C)c2oc(C(=O)NCC(c3cccs3)N3CCCCCC3)cc(=O)c2c1. The molecule has 158 valence electrons. The highest BCUT2D eigenvalue weighted by molar-refractivity contribution is 7.10. The van der Waals surface area contributed by atoms with Crippen molar-refractivity contribution in [2.75, 3.05) is 19.6 Å². The normalized spacial score (nSPS) is 16.3. The fraction of sp³-hybridized carbons (Fsp3) is 0.417. The van der Waals surface area contributed by atoms with Gasteiger partial charge in [-0.2, -0.15) is 0 Å². The Morgan fingerprint density at radius 2 is 1.93 bits per heavy atom. The highest BCUT2D eigenvalue weighted by Crippen LogP contribution is 2.27. The maximum absolute atomic E-state index is 12.9. The third-order valence-electron chi connectivity index (χ3n) is 5.79. The summed E-state index contributed by atoms with van der Waals surface area (Å²) in [4.78, 5) is 29.2. The van der Waals surface area contributed by atoms with Crippen molar-refractivity contribution in [1.29, 1.82) is 0 Å². The van der Waals surface area contributed by atoms with E-state index in [1.165, 1.54) is 36.6 Å². The average molecular weight is 425 g/mol. The number of thiophene rings is 1. The van der Waals surface area contributed by atoms with E-state index in [0.29, 0.717) is 17.5 Å². The number of aryl methyl sites for hydroxylation is 2. The molecule has 0 radical (unpaired) electrons. The lowest BCUT2D eigenvalue weighted by Crippen LogP contribution is -2.38. The largest absolute Gasteiger partial charge is 0.450 e. The lowest BCUT2D eigenvalue weighted by Gasteiger charge is -2.30. The lowest BCUT2D eigenvalue weighted by atomic mass is 10.1. The van der Waals surface area contributed by atoms with Crippen molar-refractivity contribution in [3.05, 3.63) is 67.7 Å². The molecule has 1 atom stereocenters. The molecule has 5 nitrogen and oxygen atoms in total. The first-order chi connectivity index (χ1) is 14.5. The number of carbonyl (C=O) groups excluding carboxylic acids is 1. The summed E-state index contributed by atoms with van der Waals surface area (Å²) in [5.41, 5.74) is 2.16. The Kier molecular flexibility index (Phi) is 6.35. The van der Waals surface area contributed by atoms with Crippen molar-refractivity contribution in [2.24, 2.45) is 0 Å². The minimum Gasteiger partial charge on any atom is -0.450 e. The van der Waals surface area contributed by atoms with Gasteiger partial charge < -0.3 is 9.73 Å². The van der Waals surface area contributed by atoms with Crippen LogP contribution in [0.1, 0.15) is 58.3 Å². The maximum Gasteiger partial charge on any atom is 0.287 e. The third kappa shape index (κ3) is 4.50. The first-order valence-corrected chi connectivity index (χ1v) is 11.5. The van der Waals surface area contributed by atoms with Gasteiger partial charge in [-0.1, -0.05) is 25.0 Å². The van der Waals surface area contributed by atoms with Crippen molar-refractivity contribution < 1.29 is 9.21 Å². The summed E-state index contributed by atoms with van der Waals surface area (Å²) in [7, 11) is 0. The van der Waals surface area contributed by atoms with Gasteiger partial charge in [0, 0.05) is 17.5 Å². The third-order valence-corrected chi connectivity index (χ3v) is 6.76. The molecule has 1 fully saturated rings. The van der Waals surface area contributed by atoms with Crippen molar-refractivity contribution >= 4 is 28.2 Å². The number of hydrogen-bond acceptors (Lipinski definition) is 5. The van der Waals surface area contributed by atoms with Crippen LogP contribution in [0, 0.1) is 13.8 Å². The second-order valence-electron chi connectivity index (χ2n) is 8.12. The van der Waals surface area contributed by atoms with E-state index >= 15 is 0 Å². The van der Waals surface area contributed by atoms with Crippen molar-refractivity contribution in [1.82, 2.24) is 10.2 Å². The van der Waals surface area contributed by atoms with Gasteiger partial charge in [0.1, 0.15) is 5.58 Å². The maximum atomic E-state index is 12.9. The number of nitrogens with one attached hydrogen (secondary N) is 1. The predicted molar refractivity (Wildman–Crippen MR) is 121 cm³/mol. The number of likely N-dealkylation sites (tertiary alicyclic amines) is 1. The first kappa shape index (κ1) is 20.8. The van der Waals surface area contributed by atoms with E-state index in [4.69, 9.17) is 4.42 Å². The van der Waals surface area contributed by atoms with Gasteiger partial charge in [-0.15, -0.1) is 11.3 Å². The second-order valence-corrected chi connectivity index (χ2v) is 9.10. The van der Waals surface area contributed by atoms with Gasteiger partial charge in [0.25, 0.3) is 5.91 Å². The Morgan fingerprint density at radius 3 is 2.63 bits per heavy atom. The number of carbonyl (C=O) groups is 1. The molecule has 0 spiro atoms. The second kappa shape index (κ2) is 9.14. The monoisotopic (exact) mass is 424 g/mol. The quantitative estimate of drug-likeness (QED) is 0.638. The Hall–Kier alpha value is -2.44. The van der Waals surface area contributed by atoms with Crippen LogP contribution in [0.3, 0.4) is 0 Å². The van der Waals surface area contributed by atoms with E-state index in [-0.39, 0.29) is 23.1 Å². The minimum atomic E-state index is -0.342. The van der Waals surface area contributed by atoms with Gasteiger partial charge in [-0.05, 0) is 68.4 Å². The fourth-order valence-corrected chi connectivity index (χ4v) is 5.16. The predicted octanol–water partition coefficient (Wildman–Crippen LogP) is 4.82. The molecule has 0 bridgehead atoms. The molecule has 30 heavy (non-hydrogen) atoms. The Bertz CT molecular complexity index is 1080. The van der Waals surface area contributed by atoms with Gasteiger partial charge in [-0.3, -0.25) is 14.5 Å². The zero-order valence-electron chi connectivity index (χ0n) is 17.6. The van der Waals surface area contributed by atoms with Crippen LogP contribution in [-0.2, 0) is 0 Å². The smallest absolute Gasteiger partial charge is 0.287 e. The number of rotatable bonds is 5. The summed E-state index contributed by atoms with van der Waals surface area (Å²) in [5.74, 6) is -0.273. The summed E-state index contributed by atoms with van der Waals surface area (Å²) < 4.78 is 5.86. The van der Waals surface area contributed by atoms with Crippen LogP contribution in [0.2, 0.25) is 0 Å². The molecule has 0 aliphatic carbocycles. The Morgan fingerprint density at radius 1 is 1.17 bits per heavy atom. The number of hydrogen-bond donors (Lipinski definition) is 1.